The molecule has 2 rings (SSSR count). The van der Waals surface area contributed by atoms with E-state index in [1.54, 1.807) is 30.6 Å². The highest BCUT2D eigenvalue weighted by Crippen LogP contribution is 2.12. The van der Waals surface area contributed by atoms with Crippen LogP contribution in [0, 0.1) is 0 Å². The topological polar surface area (TPSA) is 156 Å². The van der Waals surface area contributed by atoms with Crippen LogP contribution in [0.1, 0.15) is 22.5 Å². The molecule has 138 valence electrons. The third-order valence-corrected chi connectivity index (χ3v) is 2.92. The molecule has 0 bridgehead atoms. The lowest BCUT2D eigenvalue weighted by molar-refractivity contribution is -0.134. The van der Waals surface area contributed by atoms with E-state index in [0.717, 1.165) is 24.3 Å². The fourth-order valence-corrected chi connectivity index (χ4v) is 1.73. The van der Waals surface area contributed by atoms with Gasteiger partial charge in [-0.15, -0.1) is 0 Å². The molecule has 0 fully saturated rings. The number of aryl methyl sites for hydroxylation is 1. The van der Waals surface area contributed by atoms with E-state index in [1.807, 2.05) is 6.20 Å². The quantitative estimate of drug-likeness (QED) is 0.407. The first kappa shape index (κ1) is 20.4. The number of carboxylic acids is 2. The van der Waals surface area contributed by atoms with Crippen LogP contribution in [0.15, 0.2) is 48.9 Å². The molecule has 5 N–H and O–H groups in total. The van der Waals surface area contributed by atoms with E-state index >= 15 is 0 Å². The Balaban J connectivity index is 0.000000359. The Labute approximate surface area is 149 Å². The smallest absolute Gasteiger partial charge is 0.328 e. The van der Waals surface area contributed by atoms with E-state index in [-0.39, 0.29) is 0 Å². The number of nitrogens with zero attached hydrogens (tertiary/aromatic N) is 1. The van der Waals surface area contributed by atoms with E-state index in [9.17, 15) is 14.4 Å². The SMILES string of the molecule is NC(=O)c1ccc(OCCCc2cnc[nH]2)cc1.O=C(O)/C=C\C(=O)O. The molecule has 0 radical (unpaired) electrons. The number of hydrogen-bond acceptors (Lipinski definition) is 5. The van der Waals surface area contributed by atoms with Crippen LogP contribution >= 0.6 is 0 Å². The molecule has 1 aromatic heterocycles. The number of ether oxygens (including phenoxy) is 1. The number of carbonyl (C=O) groups is 3. The number of benzene rings is 1. The van der Waals surface area contributed by atoms with Crippen molar-refractivity contribution < 1.29 is 29.3 Å². The van der Waals surface area contributed by atoms with E-state index in [2.05, 4.69) is 9.97 Å². The summed E-state index contributed by atoms with van der Waals surface area (Å²) in [6, 6.07) is 6.81. The van der Waals surface area contributed by atoms with E-state index < -0.39 is 17.8 Å². The number of carbonyl (C=O) groups excluding carboxylic acids is 1. The van der Waals surface area contributed by atoms with Gasteiger partial charge in [0.25, 0.3) is 0 Å². The number of rotatable bonds is 8. The normalized spacial score (nSPS) is 10.0. The molecule has 1 heterocycles. The predicted molar refractivity (Wildman–Crippen MR) is 91.8 cm³/mol. The summed E-state index contributed by atoms with van der Waals surface area (Å²) >= 11 is 0. The lowest BCUT2D eigenvalue weighted by Gasteiger charge is -2.05. The molecule has 26 heavy (non-hydrogen) atoms. The summed E-state index contributed by atoms with van der Waals surface area (Å²) in [7, 11) is 0. The number of aliphatic carboxylic acids is 2. The molecule has 0 aliphatic heterocycles. The molecule has 1 aromatic carbocycles. The lowest BCUT2D eigenvalue weighted by Crippen LogP contribution is -2.10. The van der Waals surface area contributed by atoms with Crippen molar-refractivity contribution in [3.05, 3.63) is 60.2 Å². The van der Waals surface area contributed by atoms with Crippen molar-refractivity contribution in [3.63, 3.8) is 0 Å². The molecular weight excluding hydrogens is 342 g/mol. The summed E-state index contributed by atoms with van der Waals surface area (Å²) in [4.78, 5) is 37.0. The van der Waals surface area contributed by atoms with Gasteiger partial charge in [0.15, 0.2) is 0 Å². The standard InChI is InChI=1S/C13H15N3O2.C4H4O4/c14-13(17)10-3-5-12(6-4-10)18-7-1-2-11-8-15-9-16-11;5-3(6)1-2-4(7)8/h3-6,8-9H,1-2,7H2,(H2,14,17)(H,15,16);1-2H,(H,5,6)(H,7,8)/b;2-1-. The third-order valence-electron chi connectivity index (χ3n) is 2.92. The van der Waals surface area contributed by atoms with Crippen molar-refractivity contribution in [1.29, 1.82) is 0 Å². The maximum atomic E-state index is 10.9. The van der Waals surface area contributed by atoms with Crippen molar-refractivity contribution in [3.8, 4) is 5.75 Å². The number of nitrogens with one attached hydrogen (secondary N) is 1. The van der Waals surface area contributed by atoms with Gasteiger partial charge in [0.05, 0.1) is 12.9 Å². The van der Waals surface area contributed by atoms with Gasteiger partial charge >= 0.3 is 11.9 Å². The number of imidazole rings is 1. The molecule has 1 amide bonds. The number of H-pyrrole nitrogens is 1. The van der Waals surface area contributed by atoms with Gasteiger partial charge in [-0.25, -0.2) is 14.6 Å². The van der Waals surface area contributed by atoms with Gasteiger partial charge in [0.2, 0.25) is 5.91 Å². The number of amides is 1. The van der Waals surface area contributed by atoms with E-state index in [0.29, 0.717) is 24.3 Å². The molecule has 2 aromatic rings. The van der Waals surface area contributed by atoms with Crippen molar-refractivity contribution in [2.24, 2.45) is 5.73 Å². The second kappa shape index (κ2) is 11.0. The monoisotopic (exact) mass is 361 g/mol. The Morgan fingerprint density at radius 3 is 2.19 bits per heavy atom. The molecule has 9 nitrogen and oxygen atoms in total. The Kier molecular flexibility index (Phi) is 8.66. The summed E-state index contributed by atoms with van der Waals surface area (Å²) in [6.07, 6.45) is 6.39. The molecule has 0 aliphatic carbocycles. The summed E-state index contributed by atoms with van der Waals surface area (Å²) in [5, 5.41) is 15.6. The van der Waals surface area contributed by atoms with Crippen LogP contribution in [0.2, 0.25) is 0 Å². The number of primary amides is 1. The van der Waals surface area contributed by atoms with Gasteiger partial charge in [-0.2, -0.15) is 0 Å². The lowest BCUT2D eigenvalue weighted by atomic mass is 10.2. The maximum absolute atomic E-state index is 10.9. The van der Waals surface area contributed by atoms with Gasteiger partial charge in [0, 0.05) is 29.6 Å². The first-order chi connectivity index (χ1) is 12.4. The second-order valence-corrected chi connectivity index (χ2v) is 4.93. The molecule has 9 heteroatoms. The first-order valence-corrected chi connectivity index (χ1v) is 7.52. The predicted octanol–water partition coefficient (Wildman–Crippen LogP) is 1.23. The van der Waals surface area contributed by atoms with Gasteiger partial charge in [-0.05, 0) is 37.1 Å². The van der Waals surface area contributed by atoms with Crippen LogP contribution in [0.4, 0.5) is 0 Å². The number of aromatic amines is 1. The molecule has 0 atom stereocenters. The van der Waals surface area contributed by atoms with Crippen LogP contribution in [-0.2, 0) is 16.0 Å². The fraction of sp³-hybridized carbons (Fsp3) is 0.176. The van der Waals surface area contributed by atoms with Crippen LogP contribution in [0.3, 0.4) is 0 Å². The summed E-state index contributed by atoms with van der Waals surface area (Å²) in [5.41, 5.74) is 6.74. The number of carboxylic acid groups (broad SMARTS) is 2. The zero-order chi connectivity index (χ0) is 19.4. The summed E-state index contributed by atoms with van der Waals surface area (Å²) in [5.74, 6) is -2.20. The minimum absolute atomic E-state index is 0.430. The average Bonchev–Trinajstić information content (AvgIpc) is 3.11. The Morgan fingerprint density at radius 1 is 1.12 bits per heavy atom. The number of aromatic nitrogens is 2. The Morgan fingerprint density at radius 2 is 1.73 bits per heavy atom. The van der Waals surface area contributed by atoms with Crippen molar-refractivity contribution in [1.82, 2.24) is 9.97 Å². The maximum Gasteiger partial charge on any atom is 0.328 e. The Hall–Kier alpha value is -3.62. The number of nitrogens with two attached hydrogens (primary N) is 1. The minimum Gasteiger partial charge on any atom is -0.494 e. The second-order valence-electron chi connectivity index (χ2n) is 4.93. The van der Waals surface area contributed by atoms with E-state index in [4.69, 9.17) is 20.7 Å². The summed E-state index contributed by atoms with van der Waals surface area (Å²) in [6.45, 7) is 0.620. The highest BCUT2D eigenvalue weighted by Gasteiger charge is 2.00. The van der Waals surface area contributed by atoms with Crippen LogP contribution < -0.4 is 10.5 Å². The molecule has 0 aliphatic rings. The highest BCUT2D eigenvalue weighted by atomic mass is 16.5. The summed E-state index contributed by atoms with van der Waals surface area (Å²) < 4.78 is 5.55. The highest BCUT2D eigenvalue weighted by molar-refractivity contribution is 5.92. The minimum atomic E-state index is -1.26. The third kappa shape index (κ3) is 8.87. The van der Waals surface area contributed by atoms with Crippen LogP contribution in [0.5, 0.6) is 5.75 Å². The van der Waals surface area contributed by atoms with Crippen LogP contribution in [0.25, 0.3) is 0 Å². The zero-order valence-electron chi connectivity index (χ0n) is 13.8. The van der Waals surface area contributed by atoms with Crippen LogP contribution in [-0.4, -0.2) is 44.6 Å². The largest absolute Gasteiger partial charge is 0.494 e. The van der Waals surface area contributed by atoms with Crippen molar-refractivity contribution in [2.45, 2.75) is 12.8 Å². The molecule has 0 spiro atoms. The molecule has 0 unspecified atom stereocenters. The number of hydrogen-bond donors (Lipinski definition) is 4. The molecular formula is C17H19N3O6. The molecule has 0 saturated carbocycles. The van der Waals surface area contributed by atoms with Gasteiger partial charge in [0.1, 0.15) is 5.75 Å². The van der Waals surface area contributed by atoms with Gasteiger partial charge < -0.3 is 25.7 Å². The first-order valence-electron chi connectivity index (χ1n) is 7.52. The van der Waals surface area contributed by atoms with E-state index in [1.165, 1.54) is 0 Å². The van der Waals surface area contributed by atoms with Gasteiger partial charge in [-0.3, -0.25) is 4.79 Å². The zero-order valence-corrected chi connectivity index (χ0v) is 13.8. The van der Waals surface area contributed by atoms with Gasteiger partial charge in [-0.1, -0.05) is 0 Å². The fourth-order valence-electron chi connectivity index (χ4n) is 1.73. The Bertz CT molecular complexity index is 722. The van der Waals surface area contributed by atoms with Crippen molar-refractivity contribution >= 4 is 17.8 Å². The van der Waals surface area contributed by atoms with Crippen molar-refractivity contribution in [2.75, 3.05) is 6.61 Å². The average molecular weight is 361 g/mol. The molecule has 0 saturated heterocycles.